The third kappa shape index (κ3) is 1.88. The lowest BCUT2D eigenvalue weighted by Crippen LogP contribution is -2.20. The fourth-order valence-electron chi connectivity index (χ4n) is 1.86. The third-order valence-corrected chi connectivity index (χ3v) is 3.89. The number of imidazole rings is 1. The highest BCUT2D eigenvalue weighted by Gasteiger charge is 2.21. The molecule has 2 rings (SSSR count). The Morgan fingerprint density at radius 2 is 2.28 bits per heavy atom. The second-order valence-electron chi connectivity index (χ2n) is 3.79. The lowest BCUT2D eigenvalue weighted by molar-refractivity contribution is 0.595. The van der Waals surface area contributed by atoms with Crippen LogP contribution in [-0.2, 0) is 0 Å². The lowest BCUT2D eigenvalue weighted by atomic mass is 10.1. The van der Waals surface area contributed by atoms with E-state index in [1.807, 2.05) is 30.5 Å². The molecule has 90 valence electrons. The zero-order chi connectivity index (χ0) is 13.1. The van der Waals surface area contributed by atoms with Crippen molar-refractivity contribution in [2.24, 2.45) is 5.73 Å². The van der Waals surface area contributed by atoms with Crippen LogP contribution in [0.1, 0.15) is 27.9 Å². The van der Waals surface area contributed by atoms with E-state index < -0.39 is 0 Å². The van der Waals surface area contributed by atoms with Crippen LogP contribution >= 0.6 is 11.3 Å². The summed E-state index contributed by atoms with van der Waals surface area (Å²) in [5.41, 5.74) is 7.34. The van der Waals surface area contributed by atoms with Gasteiger partial charge in [-0.05, 0) is 23.9 Å². The van der Waals surface area contributed by atoms with Gasteiger partial charge in [-0.25, -0.2) is 4.98 Å². The Labute approximate surface area is 109 Å². The summed E-state index contributed by atoms with van der Waals surface area (Å²) in [5, 5.41) is 20.0. The molecule has 1 atom stereocenters. The minimum Gasteiger partial charge on any atom is -0.328 e. The Hall–Kier alpha value is -2.15. The van der Waals surface area contributed by atoms with Crippen molar-refractivity contribution in [1.82, 2.24) is 9.55 Å². The van der Waals surface area contributed by atoms with Crippen LogP contribution in [0.5, 0.6) is 0 Å². The van der Waals surface area contributed by atoms with Gasteiger partial charge in [0, 0.05) is 11.4 Å². The Morgan fingerprint density at radius 1 is 1.50 bits per heavy atom. The second kappa shape index (κ2) is 5.01. The third-order valence-electron chi connectivity index (χ3n) is 2.77. The smallest absolute Gasteiger partial charge is 0.176 e. The molecule has 5 nitrogen and oxygen atoms in total. The first-order valence-electron chi connectivity index (χ1n) is 5.34. The molecule has 0 spiro atoms. The van der Waals surface area contributed by atoms with Crippen molar-refractivity contribution >= 4 is 11.3 Å². The molecular formula is C12H11N5S. The summed E-state index contributed by atoms with van der Waals surface area (Å²) in [4.78, 5) is 5.04. The number of nitrogens with zero attached hydrogens (tertiary/aromatic N) is 4. The Morgan fingerprint density at radius 3 is 2.78 bits per heavy atom. The average Bonchev–Trinajstić information content (AvgIpc) is 2.97. The van der Waals surface area contributed by atoms with Crippen molar-refractivity contribution in [2.45, 2.75) is 13.0 Å². The topological polar surface area (TPSA) is 91.4 Å². The number of nitrogens with two attached hydrogens (primary N) is 1. The van der Waals surface area contributed by atoms with Gasteiger partial charge in [-0.3, -0.25) is 0 Å². The highest BCUT2D eigenvalue weighted by atomic mass is 32.1. The summed E-state index contributed by atoms with van der Waals surface area (Å²) in [6.07, 6.45) is 1.51. The molecule has 2 N–H and O–H groups in total. The molecule has 6 heteroatoms. The van der Waals surface area contributed by atoms with Gasteiger partial charge in [0.1, 0.15) is 12.1 Å². The van der Waals surface area contributed by atoms with Crippen LogP contribution in [0.2, 0.25) is 0 Å². The van der Waals surface area contributed by atoms with Crippen molar-refractivity contribution in [3.8, 4) is 12.1 Å². The normalized spacial score (nSPS) is 11.8. The average molecular weight is 257 g/mol. The molecule has 0 saturated heterocycles. The largest absolute Gasteiger partial charge is 0.328 e. The number of hydrogen-bond acceptors (Lipinski definition) is 5. The van der Waals surface area contributed by atoms with E-state index in [-0.39, 0.29) is 17.4 Å². The van der Waals surface area contributed by atoms with Gasteiger partial charge in [0.05, 0.1) is 12.4 Å². The molecule has 2 heterocycles. The molecule has 0 aliphatic heterocycles. The van der Waals surface area contributed by atoms with Gasteiger partial charge in [-0.2, -0.15) is 10.5 Å². The van der Waals surface area contributed by atoms with Gasteiger partial charge in [0.2, 0.25) is 0 Å². The first kappa shape index (κ1) is 12.3. The van der Waals surface area contributed by atoms with Crippen LogP contribution in [0, 0.1) is 29.6 Å². The monoisotopic (exact) mass is 257 g/mol. The summed E-state index contributed by atoms with van der Waals surface area (Å²) in [6.45, 7) is 2.36. The molecule has 0 aromatic carbocycles. The van der Waals surface area contributed by atoms with E-state index in [9.17, 15) is 0 Å². The Bertz CT molecular complexity index is 640. The predicted molar refractivity (Wildman–Crippen MR) is 67.9 cm³/mol. The van der Waals surface area contributed by atoms with E-state index in [0.29, 0.717) is 6.54 Å². The van der Waals surface area contributed by atoms with E-state index in [1.54, 1.807) is 15.9 Å². The molecule has 18 heavy (non-hydrogen) atoms. The highest BCUT2D eigenvalue weighted by molar-refractivity contribution is 7.10. The minimum absolute atomic E-state index is 0.144. The van der Waals surface area contributed by atoms with Gasteiger partial charge >= 0.3 is 0 Å². The van der Waals surface area contributed by atoms with Crippen LogP contribution in [-0.4, -0.2) is 16.1 Å². The van der Waals surface area contributed by atoms with Crippen LogP contribution in [0.25, 0.3) is 0 Å². The zero-order valence-corrected chi connectivity index (χ0v) is 10.6. The van der Waals surface area contributed by atoms with Crippen molar-refractivity contribution in [3.63, 3.8) is 0 Å². The van der Waals surface area contributed by atoms with Crippen LogP contribution in [0.15, 0.2) is 17.8 Å². The molecule has 0 radical (unpaired) electrons. The second-order valence-corrected chi connectivity index (χ2v) is 4.74. The van der Waals surface area contributed by atoms with E-state index in [0.717, 1.165) is 10.4 Å². The fraction of sp³-hybridized carbons (Fsp3) is 0.250. The predicted octanol–water partition coefficient (Wildman–Crippen LogP) is 1.54. The molecule has 0 fully saturated rings. The number of nitriles is 2. The van der Waals surface area contributed by atoms with E-state index in [4.69, 9.17) is 16.3 Å². The summed E-state index contributed by atoms with van der Waals surface area (Å²) in [6, 6.07) is 5.80. The van der Waals surface area contributed by atoms with Crippen molar-refractivity contribution in [2.75, 3.05) is 6.54 Å². The number of thiophene rings is 1. The number of aryl methyl sites for hydroxylation is 1. The SMILES string of the molecule is Cc1ccsc1C(CN)n1cnc(C#N)c1C#N. The maximum atomic E-state index is 9.13. The summed E-state index contributed by atoms with van der Waals surface area (Å²) >= 11 is 1.59. The molecule has 0 aliphatic carbocycles. The van der Waals surface area contributed by atoms with Crippen LogP contribution < -0.4 is 5.73 Å². The van der Waals surface area contributed by atoms with Gasteiger partial charge in [-0.1, -0.05) is 0 Å². The van der Waals surface area contributed by atoms with Gasteiger partial charge in [-0.15, -0.1) is 11.3 Å². The van der Waals surface area contributed by atoms with Crippen LogP contribution in [0.3, 0.4) is 0 Å². The van der Waals surface area contributed by atoms with E-state index in [2.05, 4.69) is 4.98 Å². The number of rotatable bonds is 3. The Kier molecular flexibility index (Phi) is 3.42. The molecule has 0 saturated carbocycles. The van der Waals surface area contributed by atoms with Crippen molar-refractivity contribution in [1.29, 1.82) is 10.5 Å². The quantitative estimate of drug-likeness (QED) is 0.902. The number of hydrogen-bond donors (Lipinski definition) is 1. The first-order chi connectivity index (χ1) is 8.72. The summed E-state index contributed by atoms with van der Waals surface area (Å²) in [7, 11) is 0. The van der Waals surface area contributed by atoms with Crippen LogP contribution in [0.4, 0.5) is 0 Å². The molecular weight excluding hydrogens is 246 g/mol. The van der Waals surface area contributed by atoms with Gasteiger partial charge in [0.15, 0.2) is 11.4 Å². The first-order valence-corrected chi connectivity index (χ1v) is 6.22. The maximum Gasteiger partial charge on any atom is 0.176 e. The Balaban J connectivity index is 2.54. The molecule has 0 amide bonds. The fourth-order valence-corrected chi connectivity index (χ4v) is 2.90. The van der Waals surface area contributed by atoms with Crippen molar-refractivity contribution < 1.29 is 0 Å². The molecule has 0 bridgehead atoms. The lowest BCUT2D eigenvalue weighted by Gasteiger charge is -2.17. The maximum absolute atomic E-state index is 9.13. The minimum atomic E-state index is -0.144. The highest BCUT2D eigenvalue weighted by Crippen LogP contribution is 2.28. The molecule has 0 aliphatic rings. The summed E-state index contributed by atoms with van der Waals surface area (Å²) < 4.78 is 1.68. The number of aromatic nitrogens is 2. The van der Waals surface area contributed by atoms with Gasteiger partial charge < -0.3 is 10.3 Å². The van der Waals surface area contributed by atoms with E-state index >= 15 is 0 Å². The summed E-state index contributed by atoms with van der Waals surface area (Å²) in [5.74, 6) is 0. The van der Waals surface area contributed by atoms with Crippen molar-refractivity contribution in [3.05, 3.63) is 39.6 Å². The van der Waals surface area contributed by atoms with Gasteiger partial charge in [0.25, 0.3) is 0 Å². The zero-order valence-electron chi connectivity index (χ0n) is 9.79. The molecule has 2 aromatic rings. The molecule has 1 unspecified atom stereocenters. The molecule has 2 aromatic heterocycles. The standard InChI is InChI=1S/C12H11N5S/c1-8-2-3-18-12(8)11(6-15)17-7-16-9(4-13)10(17)5-14/h2-3,7,11H,6,15H2,1H3. The van der Waals surface area contributed by atoms with E-state index in [1.165, 1.54) is 6.33 Å².